The van der Waals surface area contributed by atoms with E-state index in [2.05, 4.69) is 21.8 Å². The van der Waals surface area contributed by atoms with Crippen LogP contribution >= 0.6 is 0 Å². The number of nitrogens with zero attached hydrogens (tertiary/aromatic N) is 2. The minimum atomic E-state index is -0.156. The smallest absolute Gasteiger partial charge is 0.242 e. The van der Waals surface area contributed by atoms with Crippen molar-refractivity contribution >= 4 is 11.6 Å². The fourth-order valence-electron chi connectivity index (χ4n) is 2.49. The number of rotatable bonds is 4. The first kappa shape index (κ1) is 12.7. The molecule has 2 N–H and O–H groups in total. The van der Waals surface area contributed by atoms with Crippen LogP contribution in [0.4, 0.5) is 5.69 Å². The van der Waals surface area contributed by atoms with E-state index in [1.54, 1.807) is 4.68 Å². The molecule has 0 saturated carbocycles. The molecule has 1 atom stereocenters. The lowest BCUT2D eigenvalue weighted by Gasteiger charge is -2.11. The first-order valence-corrected chi connectivity index (χ1v) is 6.83. The molecule has 0 radical (unpaired) electrons. The molecule has 5 heteroatoms. The molecule has 1 aliphatic rings. The predicted molar refractivity (Wildman–Crippen MR) is 77.5 cm³/mol. The van der Waals surface area contributed by atoms with E-state index in [1.807, 2.05) is 37.5 Å². The van der Waals surface area contributed by atoms with E-state index in [0.717, 1.165) is 24.2 Å². The fourth-order valence-corrected chi connectivity index (χ4v) is 2.49. The third-order valence-electron chi connectivity index (χ3n) is 3.54. The lowest BCUT2D eigenvalue weighted by Crippen LogP contribution is -2.39. The number of aromatic nitrogens is 2. The van der Waals surface area contributed by atoms with E-state index in [0.29, 0.717) is 6.54 Å². The minimum absolute atomic E-state index is 0.0529. The van der Waals surface area contributed by atoms with Gasteiger partial charge in [-0.3, -0.25) is 9.48 Å². The zero-order chi connectivity index (χ0) is 13.9. The van der Waals surface area contributed by atoms with E-state index in [-0.39, 0.29) is 11.9 Å². The second kappa shape index (κ2) is 5.36. The summed E-state index contributed by atoms with van der Waals surface area (Å²) < 4.78 is 1.77. The maximum atomic E-state index is 12.1. The van der Waals surface area contributed by atoms with Gasteiger partial charge in [-0.05, 0) is 17.7 Å². The monoisotopic (exact) mass is 270 g/mol. The highest BCUT2D eigenvalue weighted by Crippen LogP contribution is 2.24. The summed E-state index contributed by atoms with van der Waals surface area (Å²) in [5.41, 5.74) is 3.27. The van der Waals surface area contributed by atoms with Crippen LogP contribution in [0.2, 0.25) is 0 Å². The van der Waals surface area contributed by atoms with Crippen LogP contribution in [0, 0.1) is 0 Å². The number of para-hydroxylation sites is 1. The topological polar surface area (TPSA) is 59.0 Å². The minimum Gasteiger partial charge on any atom is -0.373 e. The molecule has 0 bridgehead atoms. The summed E-state index contributed by atoms with van der Waals surface area (Å²) in [5.74, 6) is 0.0529. The Kier molecular flexibility index (Phi) is 3.41. The number of fused-ring (bicyclic) bond motifs is 1. The van der Waals surface area contributed by atoms with Crippen LogP contribution in [-0.4, -0.2) is 28.3 Å². The lowest BCUT2D eigenvalue weighted by atomic mass is 10.1. The molecule has 2 heterocycles. The Morgan fingerprint density at radius 3 is 3.05 bits per heavy atom. The number of anilines is 1. The van der Waals surface area contributed by atoms with Gasteiger partial charge in [0.15, 0.2) is 0 Å². The number of hydrogen-bond acceptors (Lipinski definition) is 3. The van der Waals surface area contributed by atoms with Crippen LogP contribution in [0.25, 0.3) is 0 Å². The van der Waals surface area contributed by atoms with Crippen LogP contribution in [-0.2, 0) is 24.7 Å². The van der Waals surface area contributed by atoms with Crippen molar-refractivity contribution in [2.75, 3.05) is 11.9 Å². The summed E-state index contributed by atoms with van der Waals surface area (Å²) >= 11 is 0. The van der Waals surface area contributed by atoms with Crippen LogP contribution < -0.4 is 10.6 Å². The lowest BCUT2D eigenvalue weighted by molar-refractivity contribution is -0.121. The zero-order valence-corrected chi connectivity index (χ0v) is 11.5. The van der Waals surface area contributed by atoms with Gasteiger partial charge in [0, 0.05) is 38.3 Å². The van der Waals surface area contributed by atoms with Gasteiger partial charge in [-0.2, -0.15) is 5.10 Å². The Hall–Kier alpha value is -2.30. The van der Waals surface area contributed by atoms with Crippen LogP contribution in [0.1, 0.15) is 11.3 Å². The van der Waals surface area contributed by atoms with Crippen molar-refractivity contribution in [1.82, 2.24) is 15.1 Å². The van der Waals surface area contributed by atoms with Crippen molar-refractivity contribution in [3.05, 3.63) is 47.8 Å². The van der Waals surface area contributed by atoms with Crippen LogP contribution in [0.3, 0.4) is 0 Å². The molecule has 0 spiro atoms. The molecule has 0 aliphatic carbocycles. The third kappa shape index (κ3) is 2.66. The highest BCUT2D eigenvalue weighted by atomic mass is 16.2. The van der Waals surface area contributed by atoms with Crippen LogP contribution in [0.15, 0.2) is 36.5 Å². The SMILES string of the molecule is Cn1ccc(CCNC(=O)C2Cc3ccccc3N2)n1. The number of carbonyl (C=O) groups is 1. The number of nitrogens with one attached hydrogen (secondary N) is 2. The van der Waals surface area contributed by atoms with Gasteiger partial charge >= 0.3 is 0 Å². The van der Waals surface area contributed by atoms with E-state index < -0.39 is 0 Å². The number of hydrogen-bond donors (Lipinski definition) is 2. The van der Waals surface area contributed by atoms with Gasteiger partial charge in [-0.15, -0.1) is 0 Å². The highest BCUT2D eigenvalue weighted by Gasteiger charge is 2.25. The number of benzene rings is 1. The van der Waals surface area contributed by atoms with Gasteiger partial charge in [-0.1, -0.05) is 18.2 Å². The van der Waals surface area contributed by atoms with Gasteiger partial charge in [0.2, 0.25) is 5.91 Å². The molecule has 1 aromatic carbocycles. The summed E-state index contributed by atoms with van der Waals surface area (Å²) in [7, 11) is 1.89. The van der Waals surface area contributed by atoms with E-state index >= 15 is 0 Å². The zero-order valence-electron chi connectivity index (χ0n) is 11.5. The molecule has 0 saturated heterocycles. The second-order valence-electron chi connectivity index (χ2n) is 5.08. The largest absolute Gasteiger partial charge is 0.373 e. The molecule has 2 aromatic rings. The van der Waals surface area contributed by atoms with Gasteiger partial charge in [0.05, 0.1) is 5.69 Å². The fraction of sp³-hybridized carbons (Fsp3) is 0.333. The molecule has 104 valence electrons. The van der Waals surface area contributed by atoms with Gasteiger partial charge in [0.1, 0.15) is 6.04 Å². The summed E-state index contributed by atoms with van der Waals surface area (Å²) in [6.07, 6.45) is 3.42. The summed E-state index contributed by atoms with van der Waals surface area (Å²) in [5, 5.41) is 10.5. The molecule has 0 fully saturated rings. The molecule has 5 nitrogen and oxygen atoms in total. The first-order valence-electron chi connectivity index (χ1n) is 6.83. The van der Waals surface area contributed by atoms with Crippen molar-refractivity contribution < 1.29 is 4.79 Å². The van der Waals surface area contributed by atoms with Crippen molar-refractivity contribution in [3.8, 4) is 0 Å². The Morgan fingerprint density at radius 1 is 1.45 bits per heavy atom. The number of aryl methyl sites for hydroxylation is 1. The highest BCUT2D eigenvalue weighted by molar-refractivity contribution is 5.87. The predicted octanol–water partition coefficient (Wildman–Crippen LogP) is 1.12. The van der Waals surface area contributed by atoms with Gasteiger partial charge < -0.3 is 10.6 Å². The van der Waals surface area contributed by atoms with Gasteiger partial charge in [0.25, 0.3) is 0 Å². The van der Waals surface area contributed by atoms with Crippen molar-refractivity contribution in [2.45, 2.75) is 18.9 Å². The molecule has 1 unspecified atom stereocenters. The van der Waals surface area contributed by atoms with E-state index in [9.17, 15) is 4.79 Å². The molecule has 3 rings (SSSR count). The first-order chi connectivity index (χ1) is 9.72. The van der Waals surface area contributed by atoms with E-state index in [1.165, 1.54) is 5.56 Å². The normalized spacial score (nSPS) is 16.6. The summed E-state index contributed by atoms with van der Waals surface area (Å²) in [4.78, 5) is 12.1. The number of carbonyl (C=O) groups excluding carboxylic acids is 1. The molecule has 1 amide bonds. The second-order valence-corrected chi connectivity index (χ2v) is 5.08. The molecule has 1 aliphatic heterocycles. The third-order valence-corrected chi connectivity index (χ3v) is 3.54. The average Bonchev–Trinajstić information content (AvgIpc) is 3.04. The maximum Gasteiger partial charge on any atom is 0.242 e. The Bertz CT molecular complexity index is 595. The summed E-state index contributed by atoms with van der Waals surface area (Å²) in [6.45, 7) is 0.615. The van der Waals surface area contributed by atoms with Crippen molar-refractivity contribution in [3.63, 3.8) is 0 Å². The summed E-state index contributed by atoms with van der Waals surface area (Å²) in [6, 6.07) is 9.86. The van der Waals surface area contributed by atoms with Crippen molar-refractivity contribution in [2.24, 2.45) is 7.05 Å². The molecular weight excluding hydrogens is 252 g/mol. The molecule has 1 aromatic heterocycles. The van der Waals surface area contributed by atoms with Crippen LogP contribution in [0.5, 0.6) is 0 Å². The quantitative estimate of drug-likeness (QED) is 0.875. The molecular formula is C15H18N4O. The Morgan fingerprint density at radius 2 is 2.30 bits per heavy atom. The standard InChI is InChI=1S/C15H18N4O/c1-19-9-7-12(18-19)6-8-16-15(20)14-10-11-4-2-3-5-13(11)17-14/h2-5,7,9,14,17H,6,8,10H2,1H3,(H,16,20). The average molecular weight is 270 g/mol. The maximum absolute atomic E-state index is 12.1. The molecule has 20 heavy (non-hydrogen) atoms. The Balaban J connectivity index is 1.49. The Labute approximate surface area is 118 Å². The number of amides is 1. The van der Waals surface area contributed by atoms with E-state index in [4.69, 9.17) is 0 Å². The van der Waals surface area contributed by atoms with Gasteiger partial charge in [-0.25, -0.2) is 0 Å². The van der Waals surface area contributed by atoms with Crippen molar-refractivity contribution in [1.29, 1.82) is 0 Å².